The van der Waals surface area contributed by atoms with E-state index in [1.54, 1.807) is 12.1 Å². The van der Waals surface area contributed by atoms with Crippen LogP contribution < -0.4 is 11.1 Å². The van der Waals surface area contributed by atoms with Gasteiger partial charge in [-0.05, 0) is 58.1 Å². The average Bonchev–Trinajstić information content (AvgIpc) is 2.81. The number of nitrogens with one attached hydrogen (secondary N) is 1. The van der Waals surface area contributed by atoms with Crippen molar-refractivity contribution in [3.05, 3.63) is 63.9 Å². The van der Waals surface area contributed by atoms with Gasteiger partial charge in [0.15, 0.2) is 0 Å². The van der Waals surface area contributed by atoms with E-state index in [0.29, 0.717) is 11.0 Å². The molecule has 20 heavy (non-hydrogen) atoms. The SMILES string of the molecule is NCC1(Nc2ccc(F)c(Br)c2)Cc2ccccc2C1. The molecular weight excluding hydrogens is 319 g/mol. The smallest absolute Gasteiger partial charge is 0.137 e. The van der Waals surface area contributed by atoms with Gasteiger partial charge in [0.25, 0.3) is 0 Å². The molecule has 2 aromatic rings. The molecule has 0 unspecified atom stereocenters. The van der Waals surface area contributed by atoms with Crippen molar-refractivity contribution in [3.8, 4) is 0 Å². The molecule has 0 spiro atoms. The quantitative estimate of drug-likeness (QED) is 0.901. The predicted molar refractivity (Wildman–Crippen MR) is 83.4 cm³/mol. The normalized spacial score (nSPS) is 15.9. The summed E-state index contributed by atoms with van der Waals surface area (Å²) in [5.41, 5.74) is 9.40. The minimum atomic E-state index is -0.257. The summed E-state index contributed by atoms with van der Waals surface area (Å²) in [7, 11) is 0. The Balaban J connectivity index is 1.87. The number of fused-ring (bicyclic) bond motifs is 1. The lowest BCUT2D eigenvalue weighted by Crippen LogP contribution is -2.46. The Bertz CT molecular complexity index is 617. The molecule has 0 saturated heterocycles. The molecule has 2 aromatic carbocycles. The second kappa shape index (κ2) is 5.19. The summed E-state index contributed by atoms with van der Waals surface area (Å²) in [6.45, 7) is 0.538. The molecule has 1 aliphatic carbocycles. The van der Waals surface area contributed by atoms with Gasteiger partial charge >= 0.3 is 0 Å². The van der Waals surface area contributed by atoms with Gasteiger partial charge in [0, 0.05) is 12.2 Å². The third-order valence-corrected chi connectivity index (χ3v) is 4.50. The van der Waals surface area contributed by atoms with Gasteiger partial charge in [-0.25, -0.2) is 4.39 Å². The lowest BCUT2D eigenvalue weighted by molar-refractivity contribution is 0.504. The lowest BCUT2D eigenvalue weighted by Gasteiger charge is -2.30. The maximum atomic E-state index is 13.3. The zero-order chi connectivity index (χ0) is 14.2. The molecule has 2 nitrogen and oxygen atoms in total. The maximum absolute atomic E-state index is 13.3. The van der Waals surface area contributed by atoms with Crippen LogP contribution in [0.5, 0.6) is 0 Å². The van der Waals surface area contributed by atoms with Crippen LogP contribution in [-0.2, 0) is 12.8 Å². The number of benzene rings is 2. The second-order valence-corrected chi connectivity index (χ2v) is 6.21. The first-order chi connectivity index (χ1) is 9.62. The summed E-state index contributed by atoms with van der Waals surface area (Å²) in [5.74, 6) is -0.257. The standard InChI is InChI=1S/C16H16BrFN2/c17-14-7-13(5-6-15(14)18)20-16(10-19)8-11-3-1-2-4-12(11)9-16/h1-7,20H,8-10,19H2. The Morgan fingerprint density at radius 2 is 1.80 bits per heavy atom. The maximum Gasteiger partial charge on any atom is 0.137 e. The molecule has 4 heteroatoms. The fraction of sp³-hybridized carbons (Fsp3) is 0.250. The van der Waals surface area contributed by atoms with Crippen molar-refractivity contribution in [3.63, 3.8) is 0 Å². The van der Waals surface area contributed by atoms with Crippen molar-refractivity contribution in [2.75, 3.05) is 11.9 Å². The third-order valence-electron chi connectivity index (χ3n) is 3.90. The van der Waals surface area contributed by atoms with Crippen molar-refractivity contribution in [1.29, 1.82) is 0 Å². The van der Waals surface area contributed by atoms with Crippen LogP contribution in [0.15, 0.2) is 46.9 Å². The highest BCUT2D eigenvalue weighted by Gasteiger charge is 2.35. The number of hydrogen-bond acceptors (Lipinski definition) is 2. The van der Waals surface area contributed by atoms with Crippen molar-refractivity contribution < 1.29 is 4.39 Å². The molecule has 3 N–H and O–H groups in total. The van der Waals surface area contributed by atoms with E-state index >= 15 is 0 Å². The zero-order valence-corrected chi connectivity index (χ0v) is 12.6. The van der Waals surface area contributed by atoms with Crippen LogP contribution in [0.4, 0.5) is 10.1 Å². The largest absolute Gasteiger partial charge is 0.378 e. The van der Waals surface area contributed by atoms with Crippen molar-refractivity contribution in [2.45, 2.75) is 18.4 Å². The minimum Gasteiger partial charge on any atom is -0.378 e. The molecule has 0 fully saturated rings. The highest BCUT2D eigenvalue weighted by Crippen LogP contribution is 2.33. The highest BCUT2D eigenvalue weighted by molar-refractivity contribution is 9.10. The number of anilines is 1. The first-order valence-electron chi connectivity index (χ1n) is 6.62. The van der Waals surface area contributed by atoms with E-state index in [9.17, 15) is 4.39 Å². The topological polar surface area (TPSA) is 38.0 Å². The summed E-state index contributed by atoms with van der Waals surface area (Å²) in [6, 6.07) is 13.4. The fourth-order valence-corrected chi connectivity index (χ4v) is 3.24. The number of nitrogens with two attached hydrogens (primary N) is 1. The molecule has 3 rings (SSSR count). The Hall–Kier alpha value is -1.39. The van der Waals surface area contributed by atoms with Gasteiger partial charge in [-0.3, -0.25) is 0 Å². The van der Waals surface area contributed by atoms with Gasteiger partial charge in [-0.1, -0.05) is 24.3 Å². The summed E-state index contributed by atoms with van der Waals surface area (Å²) in [4.78, 5) is 0. The van der Waals surface area contributed by atoms with Crippen LogP contribution in [0, 0.1) is 5.82 Å². The van der Waals surface area contributed by atoms with Crippen LogP contribution >= 0.6 is 15.9 Å². The highest BCUT2D eigenvalue weighted by atomic mass is 79.9. The Labute approximate surface area is 126 Å². The van der Waals surface area contributed by atoms with E-state index in [-0.39, 0.29) is 11.4 Å². The molecule has 0 atom stereocenters. The Kier molecular flexibility index (Phi) is 3.52. The summed E-state index contributed by atoms with van der Waals surface area (Å²) >= 11 is 3.22. The van der Waals surface area contributed by atoms with Gasteiger partial charge in [-0.2, -0.15) is 0 Å². The zero-order valence-electron chi connectivity index (χ0n) is 11.0. The fourth-order valence-electron chi connectivity index (χ4n) is 2.86. The number of rotatable bonds is 3. The van der Waals surface area contributed by atoms with Crippen molar-refractivity contribution >= 4 is 21.6 Å². The molecule has 0 amide bonds. The van der Waals surface area contributed by atoms with Crippen molar-refractivity contribution in [2.24, 2.45) is 5.73 Å². The average molecular weight is 335 g/mol. The van der Waals surface area contributed by atoms with E-state index in [1.165, 1.54) is 17.2 Å². The molecule has 0 aromatic heterocycles. The van der Waals surface area contributed by atoms with Crippen LogP contribution in [0.3, 0.4) is 0 Å². The molecule has 104 valence electrons. The third kappa shape index (κ3) is 2.45. The molecule has 0 saturated carbocycles. The Morgan fingerprint density at radius 1 is 1.15 bits per heavy atom. The van der Waals surface area contributed by atoms with Gasteiger partial charge < -0.3 is 11.1 Å². The van der Waals surface area contributed by atoms with E-state index in [4.69, 9.17) is 5.73 Å². The monoisotopic (exact) mass is 334 g/mol. The van der Waals surface area contributed by atoms with Crippen LogP contribution in [-0.4, -0.2) is 12.1 Å². The van der Waals surface area contributed by atoms with Crippen LogP contribution in [0.1, 0.15) is 11.1 Å². The first kappa shape index (κ1) is 13.6. The molecular formula is C16H16BrFN2. The molecule has 0 aliphatic heterocycles. The summed E-state index contributed by atoms with van der Waals surface area (Å²) in [6.07, 6.45) is 1.79. The number of hydrogen-bond donors (Lipinski definition) is 2. The molecule has 1 aliphatic rings. The number of halogens is 2. The van der Waals surface area contributed by atoms with E-state index < -0.39 is 0 Å². The van der Waals surface area contributed by atoms with Crippen molar-refractivity contribution in [1.82, 2.24) is 0 Å². The summed E-state index contributed by atoms with van der Waals surface area (Å²) in [5, 5.41) is 3.50. The summed E-state index contributed by atoms with van der Waals surface area (Å²) < 4.78 is 13.8. The molecule has 0 heterocycles. The van der Waals surface area contributed by atoms with Crippen LogP contribution in [0.25, 0.3) is 0 Å². The van der Waals surface area contributed by atoms with E-state index in [2.05, 4.69) is 45.5 Å². The van der Waals surface area contributed by atoms with Gasteiger partial charge in [-0.15, -0.1) is 0 Å². The second-order valence-electron chi connectivity index (χ2n) is 5.36. The first-order valence-corrected chi connectivity index (χ1v) is 7.41. The molecule has 0 radical (unpaired) electrons. The van der Waals surface area contributed by atoms with Crippen LogP contribution in [0.2, 0.25) is 0 Å². The predicted octanol–water partition coefficient (Wildman–Crippen LogP) is 3.50. The van der Waals surface area contributed by atoms with Gasteiger partial charge in [0.2, 0.25) is 0 Å². The lowest BCUT2D eigenvalue weighted by atomic mass is 9.95. The minimum absolute atomic E-state index is 0.180. The van der Waals surface area contributed by atoms with E-state index in [0.717, 1.165) is 18.5 Å². The van der Waals surface area contributed by atoms with Gasteiger partial charge in [0.05, 0.1) is 10.0 Å². The molecule has 0 bridgehead atoms. The van der Waals surface area contributed by atoms with E-state index in [1.807, 2.05) is 0 Å². The van der Waals surface area contributed by atoms with Gasteiger partial charge in [0.1, 0.15) is 5.82 Å². The Morgan fingerprint density at radius 3 is 2.35 bits per heavy atom.